The van der Waals surface area contributed by atoms with Gasteiger partial charge in [-0.1, -0.05) is 56.3 Å². The van der Waals surface area contributed by atoms with E-state index < -0.39 is 5.63 Å². The van der Waals surface area contributed by atoms with Crippen LogP contribution in [-0.4, -0.2) is 12.5 Å². The minimum absolute atomic E-state index is 0.106. The third kappa shape index (κ3) is 4.89. The number of fused-ring (bicyclic) bond motifs is 1. The Morgan fingerprint density at radius 3 is 2.56 bits per heavy atom. The van der Waals surface area contributed by atoms with E-state index in [4.69, 9.17) is 9.15 Å². The lowest BCUT2D eigenvalue weighted by atomic mass is 9.99. The van der Waals surface area contributed by atoms with Gasteiger partial charge in [0.05, 0.1) is 5.56 Å². The van der Waals surface area contributed by atoms with Crippen molar-refractivity contribution < 1.29 is 13.9 Å². The Morgan fingerprint density at radius 1 is 1.00 bits per heavy atom. The molecule has 0 aliphatic rings. The predicted octanol–water partition coefficient (Wildman–Crippen LogP) is 5.99. The molecule has 3 aromatic carbocycles. The Balaban J connectivity index is 1.43. The minimum Gasteiger partial charge on any atom is -0.484 e. The van der Waals surface area contributed by atoms with E-state index in [0.29, 0.717) is 34.1 Å². The maximum Gasteiger partial charge on any atom is 0.344 e. The van der Waals surface area contributed by atoms with Crippen LogP contribution in [0.1, 0.15) is 31.7 Å². The number of hydrogen-bond acceptors (Lipinski definition) is 4. The normalized spacial score (nSPS) is 11.8. The highest BCUT2D eigenvalue weighted by Gasteiger charge is 2.10. The van der Waals surface area contributed by atoms with Gasteiger partial charge in [-0.15, -0.1) is 0 Å². The maximum absolute atomic E-state index is 12.4. The minimum atomic E-state index is -0.420. The first kappa shape index (κ1) is 21.4. The number of ether oxygens (including phenoxy) is 1. The summed E-state index contributed by atoms with van der Waals surface area (Å²) in [5, 5.41) is 3.66. The van der Waals surface area contributed by atoms with E-state index in [9.17, 15) is 9.59 Å². The van der Waals surface area contributed by atoms with Crippen LogP contribution < -0.4 is 15.7 Å². The Kier molecular flexibility index (Phi) is 6.36. The maximum atomic E-state index is 12.4. The fourth-order valence-corrected chi connectivity index (χ4v) is 3.50. The Labute approximate surface area is 186 Å². The summed E-state index contributed by atoms with van der Waals surface area (Å²) in [6.07, 6.45) is 1.07. The molecule has 1 amide bonds. The lowest BCUT2D eigenvalue weighted by Crippen LogP contribution is -2.20. The molecule has 5 heteroatoms. The van der Waals surface area contributed by atoms with E-state index in [-0.39, 0.29) is 12.5 Å². The zero-order valence-corrected chi connectivity index (χ0v) is 18.1. The number of nitrogens with one attached hydrogen (secondary N) is 1. The van der Waals surface area contributed by atoms with E-state index in [1.54, 1.807) is 30.3 Å². The molecule has 1 aromatic heterocycles. The first-order valence-corrected chi connectivity index (χ1v) is 10.7. The molecule has 4 rings (SSSR count). The zero-order chi connectivity index (χ0) is 22.5. The number of hydrogen-bond donors (Lipinski definition) is 1. The summed E-state index contributed by atoms with van der Waals surface area (Å²) in [6.45, 7) is 4.23. The van der Waals surface area contributed by atoms with Crippen molar-refractivity contribution in [2.45, 2.75) is 26.2 Å². The second-order valence-electron chi connectivity index (χ2n) is 7.78. The number of para-hydroxylation sites is 1. The molecule has 162 valence electrons. The largest absolute Gasteiger partial charge is 0.484 e. The molecule has 0 radical (unpaired) electrons. The summed E-state index contributed by atoms with van der Waals surface area (Å²) in [5.74, 6) is 0.859. The average Bonchev–Trinajstić information content (AvgIpc) is 2.82. The third-order valence-electron chi connectivity index (χ3n) is 5.53. The summed E-state index contributed by atoms with van der Waals surface area (Å²) in [5.41, 5.74) is 3.06. The summed E-state index contributed by atoms with van der Waals surface area (Å²) >= 11 is 0. The van der Waals surface area contributed by atoms with Gasteiger partial charge < -0.3 is 14.5 Å². The Bertz CT molecular complexity index is 1290. The number of benzene rings is 3. The second-order valence-corrected chi connectivity index (χ2v) is 7.78. The van der Waals surface area contributed by atoms with Crippen LogP contribution >= 0.6 is 0 Å². The van der Waals surface area contributed by atoms with Crippen molar-refractivity contribution >= 4 is 22.6 Å². The van der Waals surface area contributed by atoms with Gasteiger partial charge in [-0.25, -0.2) is 4.79 Å². The fourth-order valence-electron chi connectivity index (χ4n) is 3.50. The Morgan fingerprint density at radius 2 is 1.78 bits per heavy atom. The van der Waals surface area contributed by atoms with Crippen molar-refractivity contribution in [1.82, 2.24) is 0 Å². The van der Waals surface area contributed by atoms with Crippen molar-refractivity contribution in [2.24, 2.45) is 0 Å². The highest BCUT2D eigenvalue weighted by atomic mass is 16.5. The van der Waals surface area contributed by atoms with Gasteiger partial charge in [-0.05, 0) is 59.9 Å². The van der Waals surface area contributed by atoms with Crippen LogP contribution in [0.3, 0.4) is 0 Å². The molecule has 0 bridgehead atoms. The molecule has 5 nitrogen and oxygen atoms in total. The van der Waals surface area contributed by atoms with Crippen LogP contribution in [0.5, 0.6) is 5.75 Å². The number of carbonyl (C=O) groups excluding carboxylic acids is 1. The van der Waals surface area contributed by atoms with Gasteiger partial charge in [0.1, 0.15) is 11.3 Å². The first-order valence-electron chi connectivity index (χ1n) is 10.7. The second kappa shape index (κ2) is 9.52. The summed E-state index contributed by atoms with van der Waals surface area (Å²) in [6, 6.07) is 24.1. The van der Waals surface area contributed by atoms with Crippen LogP contribution in [0.4, 0.5) is 5.69 Å². The molecule has 0 spiro atoms. The molecule has 0 fully saturated rings. The van der Waals surface area contributed by atoms with Crippen molar-refractivity contribution in [3.8, 4) is 16.9 Å². The van der Waals surface area contributed by atoms with Crippen molar-refractivity contribution in [3.63, 3.8) is 0 Å². The molecule has 1 unspecified atom stereocenters. The van der Waals surface area contributed by atoms with Crippen molar-refractivity contribution in [3.05, 3.63) is 94.8 Å². The predicted molar refractivity (Wildman–Crippen MR) is 127 cm³/mol. The summed E-state index contributed by atoms with van der Waals surface area (Å²) in [4.78, 5) is 24.8. The number of anilines is 1. The topological polar surface area (TPSA) is 68.5 Å². The number of rotatable bonds is 7. The van der Waals surface area contributed by atoms with Crippen LogP contribution in [-0.2, 0) is 4.79 Å². The van der Waals surface area contributed by atoms with Crippen LogP contribution in [0, 0.1) is 0 Å². The van der Waals surface area contributed by atoms with Gasteiger partial charge >= 0.3 is 5.63 Å². The molecule has 1 atom stereocenters. The van der Waals surface area contributed by atoms with Gasteiger partial charge in [0.25, 0.3) is 5.91 Å². The summed E-state index contributed by atoms with van der Waals surface area (Å²) < 4.78 is 11.0. The van der Waals surface area contributed by atoms with E-state index in [0.717, 1.165) is 11.8 Å². The average molecular weight is 428 g/mol. The molecule has 0 aliphatic carbocycles. The number of carbonyl (C=O) groups is 1. The van der Waals surface area contributed by atoms with Gasteiger partial charge in [-0.3, -0.25) is 4.79 Å². The molecule has 1 N–H and O–H groups in total. The van der Waals surface area contributed by atoms with Crippen molar-refractivity contribution in [2.75, 3.05) is 11.9 Å². The molecule has 4 aromatic rings. The molecule has 32 heavy (non-hydrogen) atoms. The first-order chi connectivity index (χ1) is 15.5. The summed E-state index contributed by atoms with van der Waals surface area (Å²) in [7, 11) is 0. The van der Waals surface area contributed by atoms with Gasteiger partial charge in [0.2, 0.25) is 0 Å². The zero-order valence-electron chi connectivity index (χ0n) is 18.1. The smallest absolute Gasteiger partial charge is 0.344 e. The highest BCUT2D eigenvalue weighted by Crippen LogP contribution is 2.24. The van der Waals surface area contributed by atoms with E-state index >= 15 is 0 Å². The van der Waals surface area contributed by atoms with Crippen LogP contribution in [0.15, 0.2) is 88.1 Å². The third-order valence-corrected chi connectivity index (χ3v) is 5.53. The fraction of sp³-hybridized carbons (Fsp3) is 0.185. The van der Waals surface area contributed by atoms with Gasteiger partial charge in [-0.2, -0.15) is 0 Å². The molecule has 0 saturated carbocycles. The lowest BCUT2D eigenvalue weighted by Gasteiger charge is -2.11. The van der Waals surface area contributed by atoms with Crippen molar-refractivity contribution in [1.29, 1.82) is 0 Å². The SMILES string of the molecule is CCC(C)c1ccc(OCC(=O)Nc2cccc(-c3cc4ccccc4oc3=O)c2)cc1. The van der Waals surface area contributed by atoms with Crippen LogP contribution in [0.25, 0.3) is 22.1 Å². The standard InChI is InChI=1S/C27H25NO4/c1-3-18(2)19-11-13-23(14-12-19)31-17-26(29)28-22-9-6-8-20(15-22)24-16-21-7-4-5-10-25(21)32-27(24)30/h4-16,18H,3,17H2,1-2H3,(H,28,29). The number of amides is 1. The Hall–Kier alpha value is -3.86. The molecule has 0 aliphatic heterocycles. The van der Waals surface area contributed by atoms with E-state index in [1.165, 1.54) is 5.56 Å². The lowest BCUT2D eigenvalue weighted by molar-refractivity contribution is -0.118. The quantitative estimate of drug-likeness (QED) is 0.368. The van der Waals surface area contributed by atoms with Crippen LogP contribution in [0.2, 0.25) is 0 Å². The van der Waals surface area contributed by atoms with Gasteiger partial charge in [0.15, 0.2) is 6.61 Å². The molecular weight excluding hydrogens is 402 g/mol. The van der Waals surface area contributed by atoms with E-state index in [1.807, 2.05) is 48.5 Å². The van der Waals surface area contributed by atoms with E-state index in [2.05, 4.69) is 19.2 Å². The monoisotopic (exact) mass is 427 g/mol. The van der Waals surface area contributed by atoms with Gasteiger partial charge in [0, 0.05) is 11.1 Å². The molecule has 1 heterocycles. The highest BCUT2D eigenvalue weighted by molar-refractivity contribution is 5.92. The molecule has 0 saturated heterocycles. The molecular formula is C27H25NO4.